The van der Waals surface area contributed by atoms with Crippen LogP contribution in [0.3, 0.4) is 0 Å². The summed E-state index contributed by atoms with van der Waals surface area (Å²) >= 11 is 0. The molecule has 0 bridgehead atoms. The van der Waals surface area contributed by atoms with Gasteiger partial charge in [-0.25, -0.2) is 13.8 Å². The van der Waals surface area contributed by atoms with Crippen LogP contribution >= 0.6 is 0 Å². The highest BCUT2D eigenvalue weighted by Crippen LogP contribution is 2.56. The molecule has 9 rings (SSSR count). The third-order valence-electron chi connectivity index (χ3n) is 13.2. The molecular formula is C41H49F2N5O5. The van der Waals surface area contributed by atoms with Gasteiger partial charge < -0.3 is 29.3 Å². The molecule has 12 heteroatoms. The van der Waals surface area contributed by atoms with E-state index in [2.05, 4.69) is 9.88 Å². The number of pyridine rings is 1. The number of β-amino-alcohol motifs (C(OH)–C–C–N with tert-alkyl or cyclic N) is 1. The average Bonchev–Trinajstić information content (AvgIpc) is 3.57. The molecule has 0 amide bonds. The van der Waals surface area contributed by atoms with Crippen molar-refractivity contribution < 1.29 is 33.2 Å². The Morgan fingerprint density at radius 2 is 1.75 bits per heavy atom. The van der Waals surface area contributed by atoms with Crippen LogP contribution in [0.5, 0.6) is 17.6 Å². The Morgan fingerprint density at radius 1 is 0.962 bits per heavy atom. The van der Waals surface area contributed by atoms with E-state index >= 15 is 8.78 Å². The summed E-state index contributed by atoms with van der Waals surface area (Å²) in [7, 11) is 1.44. The summed E-state index contributed by atoms with van der Waals surface area (Å²) in [6, 6.07) is 8.29. The van der Waals surface area contributed by atoms with Crippen molar-refractivity contribution in [2.45, 2.75) is 95.2 Å². The van der Waals surface area contributed by atoms with Crippen molar-refractivity contribution in [2.24, 2.45) is 10.8 Å². The van der Waals surface area contributed by atoms with Crippen LogP contribution in [-0.4, -0.2) is 94.3 Å². The van der Waals surface area contributed by atoms with E-state index in [0.29, 0.717) is 54.7 Å². The van der Waals surface area contributed by atoms with Crippen molar-refractivity contribution in [2.75, 3.05) is 51.5 Å². The minimum absolute atomic E-state index is 0.0460. The van der Waals surface area contributed by atoms with Crippen molar-refractivity contribution in [1.29, 1.82) is 0 Å². The third kappa shape index (κ3) is 6.05. The predicted octanol–water partition coefficient (Wildman–Crippen LogP) is 7.16. The zero-order valence-electron chi connectivity index (χ0n) is 30.7. The fourth-order valence-corrected chi connectivity index (χ4v) is 10.6. The zero-order chi connectivity index (χ0) is 36.5. The highest BCUT2D eigenvalue weighted by molar-refractivity contribution is 6.02. The number of benzene rings is 2. The molecule has 5 fully saturated rings. The Balaban J connectivity index is 1.11. The Bertz CT molecular complexity index is 2050. The second-order valence-corrected chi connectivity index (χ2v) is 16.8. The quantitative estimate of drug-likeness (QED) is 0.203. The highest BCUT2D eigenvalue weighted by Gasteiger charge is 2.55. The monoisotopic (exact) mass is 729 g/mol. The number of hydrogen-bond acceptors (Lipinski definition) is 10. The van der Waals surface area contributed by atoms with Crippen LogP contribution in [0.4, 0.5) is 14.6 Å². The number of likely N-dealkylation sites (tertiary alicyclic amines) is 1. The molecule has 2 N–H and O–H groups in total. The first-order valence-electron chi connectivity index (χ1n) is 19.4. The maximum atomic E-state index is 17.1. The predicted molar refractivity (Wildman–Crippen MR) is 197 cm³/mol. The number of aliphatic hydroxyl groups is 1. The van der Waals surface area contributed by atoms with Gasteiger partial charge in [0.2, 0.25) is 5.88 Å². The van der Waals surface area contributed by atoms with E-state index in [0.717, 1.165) is 51.9 Å². The fraction of sp³-hybridized carbons (Fsp3) is 0.585. The molecule has 3 saturated heterocycles. The van der Waals surface area contributed by atoms with Crippen molar-refractivity contribution in [3.63, 3.8) is 0 Å². The summed E-state index contributed by atoms with van der Waals surface area (Å²) in [6.07, 6.45) is 11.6. The molecule has 3 atom stereocenters. The number of rotatable bonds is 7. The largest absolute Gasteiger partial charge is 0.508 e. The number of anilines is 1. The lowest BCUT2D eigenvalue weighted by Crippen LogP contribution is -2.61. The molecule has 0 radical (unpaired) electrons. The van der Waals surface area contributed by atoms with Crippen LogP contribution < -0.4 is 14.4 Å². The SMILES string of the molecule is COc1nc(-c2cc(O)cc3cccc(F)c23)c(F)c2nc(OC[C@]34CCC[C@H]3N(C3CC5(CCOCC5)C3)CCC4)nc(N3CCC[C@@](C)(O)C3)c12. The van der Waals surface area contributed by atoms with Gasteiger partial charge in [0.05, 0.1) is 19.3 Å². The fourth-order valence-electron chi connectivity index (χ4n) is 10.6. The Kier molecular flexibility index (Phi) is 8.66. The lowest BCUT2D eigenvalue weighted by atomic mass is 9.60. The maximum absolute atomic E-state index is 17.1. The number of aromatic hydroxyl groups is 1. The van der Waals surface area contributed by atoms with Gasteiger partial charge in [-0.1, -0.05) is 18.6 Å². The molecule has 2 saturated carbocycles. The highest BCUT2D eigenvalue weighted by atomic mass is 19.1. The molecule has 2 aliphatic carbocycles. The minimum Gasteiger partial charge on any atom is -0.508 e. The summed E-state index contributed by atoms with van der Waals surface area (Å²) in [5.41, 5.74) is -0.801. The van der Waals surface area contributed by atoms with E-state index in [1.165, 1.54) is 57.1 Å². The summed E-state index contributed by atoms with van der Waals surface area (Å²) in [4.78, 5) is 18.9. The van der Waals surface area contributed by atoms with Crippen molar-refractivity contribution >= 4 is 27.5 Å². The number of ether oxygens (including phenoxy) is 3. The topological polar surface area (TPSA) is 113 Å². The molecule has 282 valence electrons. The summed E-state index contributed by atoms with van der Waals surface area (Å²) < 4.78 is 50.6. The molecule has 3 aliphatic heterocycles. The number of phenolic OH excluding ortho intramolecular Hbond substituents is 1. The normalized spacial score (nSPS) is 27.6. The van der Waals surface area contributed by atoms with Gasteiger partial charge in [-0.15, -0.1) is 0 Å². The van der Waals surface area contributed by atoms with Crippen LogP contribution in [0.15, 0.2) is 30.3 Å². The first-order chi connectivity index (χ1) is 25.6. The molecule has 5 aliphatic rings. The van der Waals surface area contributed by atoms with Crippen molar-refractivity contribution in [1.82, 2.24) is 19.9 Å². The van der Waals surface area contributed by atoms with Gasteiger partial charge in [0.15, 0.2) is 5.82 Å². The first-order valence-corrected chi connectivity index (χ1v) is 19.4. The third-order valence-corrected chi connectivity index (χ3v) is 13.2. The molecule has 4 aromatic rings. The molecule has 1 spiro atoms. The van der Waals surface area contributed by atoms with E-state index in [4.69, 9.17) is 24.2 Å². The molecule has 2 aromatic carbocycles. The van der Waals surface area contributed by atoms with Gasteiger partial charge in [0, 0.05) is 54.8 Å². The molecule has 5 heterocycles. The molecular weight excluding hydrogens is 680 g/mol. The number of piperidine rings is 2. The Morgan fingerprint density at radius 3 is 2.55 bits per heavy atom. The van der Waals surface area contributed by atoms with E-state index in [1.807, 2.05) is 4.90 Å². The minimum atomic E-state index is -0.986. The van der Waals surface area contributed by atoms with Gasteiger partial charge in [-0.2, -0.15) is 9.97 Å². The van der Waals surface area contributed by atoms with Gasteiger partial charge in [-0.3, -0.25) is 4.90 Å². The Hall–Kier alpha value is -3.87. The number of halogens is 2. The molecule has 2 aromatic heterocycles. The van der Waals surface area contributed by atoms with Gasteiger partial charge in [-0.05, 0) is 107 Å². The zero-order valence-corrected chi connectivity index (χ0v) is 30.7. The van der Waals surface area contributed by atoms with Crippen LogP contribution in [0, 0.1) is 22.5 Å². The second kappa shape index (κ2) is 13.2. The smallest absolute Gasteiger partial charge is 0.319 e. The van der Waals surface area contributed by atoms with Crippen LogP contribution in [-0.2, 0) is 4.74 Å². The Labute approximate surface area is 308 Å². The van der Waals surface area contributed by atoms with E-state index < -0.39 is 17.2 Å². The maximum Gasteiger partial charge on any atom is 0.319 e. The number of nitrogens with zero attached hydrogens (tertiary/aromatic N) is 5. The van der Waals surface area contributed by atoms with Gasteiger partial charge in [0.1, 0.15) is 34.0 Å². The van der Waals surface area contributed by atoms with E-state index in [1.54, 1.807) is 13.0 Å². The van der Waals surface area contributed by atoms with E-state index in [-0.39, 0.29) is 57.1 Å². The summed E-state index contributed by atoms with van der Waals surface area (Å²) in [5.74, 6) is -1.11. The lowest BCUT2D eigenvalue weighted by Gasteiger charge is -2.58. The average molecular weight is 730 g/mol. The molecule has 0 unspecified atom stereocenters. The number of fused-ring (bicyclic) bond motifs is 3. The number of phenols is 1. The van der Waals surface area contributed by atoms with Crippen LogP contribution in [0.2, 0.25) is 0 Å². The standard InChI is InChI=1S/C41H49F2N5O5/c1-39(50)10-5-15-47(23-39)36-32-35(33(43)34(44-37(32)51-2)28-20-27(49)19-25-7-3-8-29(42)31(25)28)45-38(46-36)53-24-41-11-4-9-30(41)48(16-6-12-41)26-21-40(22-26)13-17-52-18-14-40/h3,7-8,19-20,26,30,49-50H,4-6,9-18,21-24H2,1-2H3/t30-,39-,41-/m1/s1. The number of aromatic nitrogens is 3. The molecule has 53 heavy (non-hydrogen) atoms. The van der Waals surface area contributed by atoms with Crippen LogP contribution in [0.25, 0.3) is 32.9 Å². The molecule has 10 nitrogen and oxygen atoms in total. The van der Waals surface area contributed by atoms with Gasteiger partial charge in [0.25, 0.3) is 0 Å². The second-order valence-electron chi connectivity index (χ2n) is 16.8. The number of methoxy groups -OCH3 is 1. The van der Waals surface area contributed by atoms with Crippen molar-refractivity contribution in [3.8, 4) is 28.9 Å². The van der Waals surface area contributed by atoms with E-state index in [9.17, 15) is 10.2 Å². The summed E-state index contributed by atoms with van der Waals surface area (Å²) in [5, 5.41) is 22.5. The van der Waals surface area contributed by atoms with Crippen molar-refractivity contribution in [3.05, 3.63) is 42.0 Å². The lowest BCUT2D eigenvalue weighted by molar-refractivity contribution is -0.112. The summed E-state index contributed by atoms with van der Waals surface area (Å²) in [6.45, 7) is 5.91. The number of hydrogen-bond donors (Lipinski definition) is 2. The van der Waals surface area contributed by atoms with Crippen LogP contribution in [0.1, 0.15) is 77.6 Å². The first kappa shape index (κ1) is 34.9. The van der Waals surface area contributed by atoms with Gasteiger partial charge >= 0.3 is 6.01 Å².